The van der Waals surface area contributed by atoms with Gasteiger partial charge in [-0.25, -0.2) is 13.6 Å². The number of carboxylic acids is 1. The zero-order valence-corrected chi connectivity index (χ0v) is 23.1. The van der Waals surface area contributed by atoms with E-state index in [1.165, 1.54) is 5.56 Å². The number of aryl methyl sites for hydroxylation is 1. The van der Waals surface area contributed by atoms with Crippen LogP contribution in [-0.2, 0) is 12.8 Å². The van der Waals surface area contributed by atoms with Crippen molar-refractivity contribution in [3.05, 3.63) is 104 Å². The molecule has 0 radical (unpaired) electrons. The molecule has 1 aliphatic carbocycles. The molecule has 1 fully saturated rings. The van der Waals surface area contributed by atoms with Crippen LogP contribution in [0.3, 0.4) is 0 Å². The van der Waals surface area contributed by atoms with Gasteiger partial charge in [-0.3, -0.25) is 0 Å². The Morgan fingerprint density at radius 2 is 1.77 bits per heavy atom. The van der Waals surface area contributed by atoms with Crippen LogP contribution in [-0.4, -0.2) is 42.0 Å². The summed E-state index contributed by atoms with van der Waals surface area (Å²) >= 11 is 12.9. The number of alkyl halides is 2. The van der Waals surface area contributed by atoms with Gasteiger partial charge >= 0.3 is 5.97 Å². The smallest absolute Gasteiger partial charge is 0.335 e. The number of rotatable bonds is 8. The number of benzene rings is 3. The van der Waals surface area contributed by atoms with Crippen molar-refractivity contribution < 1.29 is 18.7 Å². The Morgan fingerprint density at radius 1 is 1.00 bits per heavy atom. The Bertz CT molecular complexity index is 1390. The molecule has 1 N–H and O–H groups in total. The van der Waals surface area contributed by atoms with E-state index in [4.69, 9.17) is 23.2 Å². The quantitative estimate of drug-likeness (QED) is 0.295. The molecule has 3 nitrogen and oxygen atoms in total. The lowest BCUT2D eigenvalue weighted by Crippen LogP contribution is -2.23. The molecule has 1 heterocycles. The van der Waals surface area contributed by atoms with Crippen LogP contribution in [0, 0.1) is 5.92 Å². The number of aromatic carboxylic acids is 1. The first kappa shape index (κ1) is 27.8. The first-order valence-electron chi connectivity index (χ1n) is 13.4. The molecule has 5 rings (SSSR count). The van der Waals surface area contributed by atoms with Crippen molar-refractivity contribution in [2.45, 2.75) is 45.0 Å². The fourth-order valence-electron chi connectivity index (χ4n) is 5.96. The van der Waals surface area contributed by atoms with Gasteiger partial charge in [0.05, 0.1) is 5.56 Å². The summed E-state index contributed by atoms with van der Waals surface area (Å²) in [6, 6.07) is 19.5. The maximum Gasteiger partial charge on any atom is 0.335 e. The second-order valence-electron chi connectivity index (χ2n) is 10.5. The fourth-order valence-corrected chi connectivity index (χ4v) is 6.48. The Balaban J connectivity index is 1.48. The van der Waals surface area contributed by atoms with Crippen molar-refractivity contribution in [1.29, 1.82) is 0 Å². The highest BCUT2D eigenvalue weighted by molar-refractivity contribution is 6.36. The monoisotopic (exact) mass is 569 g/mol. The van der Waals surface area contributed by atoms with Crippen LogP contribution in [0.15, 0.2) is 60.7 Å². The van der Waals surface area contributed by atoms with Gasteiger partial charge in [-0.1, -0.05) is 59.6 Å². The second kappa shape index (κ2) is 12.2. The summed E-state index contributed by atoms with van der Waals surface area (Å²) in [6.07, 6.45) is 2.07. The number of hydrogen-bond donors (Lipinski definition) is 1. The summed E-state index contributed by atoms with van der Waals surface area (Å²) in [5, 5.41) is 10.7. The first-order valence-corrected chi connectivity index (χ1v) is 14.2. The fraction of sp³-hybridized carbons (Fsp3) is 0.344. The summed E-state index contributed by atoms with van der Waals surface area (Å²) in [7, 11) is 0. The standard InChI is InChI=1S/C32H31Cl2F2NO2/c33-25-9-11-27(29(34)18-25)28-3-1-2-23-17-24(32(38)39)8-10-26(23)31(28)22-6-4-20(5-7-22)16-21-12-14-37(19-21)15-13-30(35)36/h4-11,17-18,21,30H,1-3,12-16,19H2,(H,38,39). The van der Waals surface area contributed by atoms with Gasteiger partial charge in [0.1, 0.15) is 0 Å². The first-order chi connectivity index (χ1) is 18.8. The van der Waals surface area contributed by atoms with E-state index in [0.29, 0.717) is 22.5 Å². The Morgan fingerprint density at radius 3 is 2.49 bits per heavy atom. The van der Waals surface area contributed by atoms with Crippen LogP contribution in [0.25, 0.3) is 11.1 Å². The maximum atomic E-state index is 12.6. The van der Waals surface area contributed by atoms with E-state index in [-0.39, 0.29) is 12.0 Å². The largest absolute Gasteiger partial charge is 0.478 e. The van der Waals surface area contributed by atoms with Crippen LogP contribution in [0.2, 0.25) is 10.0 Å². The molecule has 2 aliphatic rings. The maximum absolute atomic E-state index is 12.6. The zero-order chi connectivity index (χ0) is 27.5. The molecule has 3 aromatic rings. The van der Waals surface area contributed by atoms with Crippen molar-refractivity contribution in [1.82, 2.24) is 4.90 Å². The molecule has 0 amide bonds. The Hall–Kier alpha value is -2.73. The van der Waals surface area contributed by atoms with Crippen molar-refractivity contribution in [3.63, 3.8) is 0 Å². The number of carboxylic acid groups (broad SMARTS) is 1. The summed E-state index contributed by atoms with van der Waals surface area (Å²) < 4.78 is 25.2. The minimum Gasteiger partial charge on any atom is -0.478 e. The summed E-state index contributed by atoms with van der Waals surface area (Å²) in [4.78, 5) is 13.8. The third-order valence-corrected chi connectivity index (χ3v) is 8.40. The van der Waals surface area contributed by atoms with E-state index >= 15 is 0 Å². The topological polar surface area (TPSA) is 40.5 Å². The highest BCUT2D eigenvalue weighted by Gasteiger charge is 2.25. The SMILES string of the molecule is O=C(O)c1ccc2c(c1)CCCC(c1ccc(Cl)cc1Cl)=C2c1ccc(CC2CCN(CCC(F)F)C2)cc1. The van der Waals surface area contributed by atoms with Gasteiger partial charge in [0.25, 0.3) is 0 Å². The number of hydrogen-bond acceptors (Lipinski definition) is 2. The normalized spacial score (nSPS) is 17.9. The second-order valence-corrected chi connectivity index (χ2v) is 11.4. The van der Waals surface area contributed by atoms with E-state index < -0.39 is 12.4 Å². The third kappa shape index (κ3) is 6.54. The van der Waals surface area contributed by atoms with Crippen molar-refractivity contribution in [2.75, 3.05) is 19.6 Å². The predicted octanol–water partition coefficient (Wildman–Crippen LogP) is 8.51. The molecule has 0 spiro atoms. The highest BCUT2D eigenvalue weighted by Crippen LogP contribution is 2.42. The van der Waals surface area contributed by atoms with Crippen molar-refractivity contribution in [3.8, 4) is 0 Å². The number of likely N-dealkylation sites (tertiary alicyclic amines) is 1. The van der Waals surface area contributed by atoms with E-state index in [2.05, 4.69) is 29.2 Å². The molecule has 204 valence electrons. The number of allylic oxidation sites excluding steroid dienone is 1. The molecule has 39 heavy (non-hydrogen) atoms. The lowest BCUT2D eigenvalue weighted by molar-refractivity contribution is 0.0696. The van der Waals surface area contributed by atoms with E-state index in [1.54, 1.807) is 18.2 Å². The predicted molar refractivity (Wildman–Crippen MR) is 154 cm³/mol. The van der Waals surface area contributed by atoms with E-state index in [9.17, 15) is 18.7 Å². The lowest BCUT2D eigenvalue weighted by atomic mass is 9.86. The third-order valence-electron chi connectivity index (χ3n) is 7.85. The van der Waals surface area contributed by atoms with Crippen LogP contribution in [0.1, 0.15) is 63.9 Å². The van der Waals surface area contributed by atoms with Crippen LogP contribution in [0.5, 0.6) is 0 Å². The van der Waals surface area contributed by atoms with Gasteiger partial charge in [-0.05, 0) is 108 Å². The molecular weight excluding hydrogens is 539 g/mol. The molecule has 0 bridgehead atoms. The summed E-state index contributed by atoms with van der Waals surface area (Å²) in [6.45, 7) is 2.20. The highest BCUT2D eigenvalue weighted by atomic mass is 35.5. The molecule has 7 heteroatoms. The molecule has 0 aromatic heterocycles. The van der Waals surface area contributed by atoms with Crippen LogP contribution in [0.4, 0.5) is 8.78 Å². The average Bonchev–Trinajstić information content (AvgIpc) is 3.26. The number of fused-ring (bicyclic) bond motifs is 1. The molecular formula is C32H31Cl2F2NO2. The molecule has 1 atom stereocenters. The van der Waals surface area contributed by atoms with Crippen molar-refractivity contribution in [2.24, 2.45) is 5.92 Å². The number of halogens is 4. The Kier molecular flexibility index (Phi) is 8.70. The average molecular weight is 571 g/mol. The lowest BCUT2D eigenvalue weighted by Gasteiger charge is -2.19. The van der Waals surface area contributed by atoms with Gasteiger partial charge in [-0.2, -0.15) is 0 Å². The molecule has 1 aliphatic heterocycles. The minimum absolute atomic E-state index is 0.0636. The summed E-state index contributed by atoms with van der Waals surface area (Å²) in [5.74, 6) is -0.471. The van der Waals surface area contributed by atoms with Crippen molar-refractivity contribution >= 4 is 40.3 Å². The summed E-state index contributed by atoms with van der Waals surface area (Å²) in [5.41, 5.74) is 7.73. The molecule has 1 saturated heterocycles. The minimum atomic E-state index is -2.25. The van der Waals surface area contributed by atoms with Crippen LogP contribution < -0.4 is 0 Å². The van der Waals surface area contributed by atoms with Gasteiger partial charge in [0.15, 0.2) is 0 Å². The van der Waals surface area contributed by atoms with Gasteiger partial charge in [-0.15, -0.1) is 0 Å². The van der Waals surface area contributed by atoms with E-state index in [0.717, 1.165) is 78.6 Å². The molecule has 0 saturated carbocycles. The van der Waals surface area contributed by atoms with Gasteiger partial charge in [0, 0.05) is 29.6 Å². The van der Waals surface area contributed by atoms with Crippen LogP contribution >= 0.6 is 23.2 Å². The zero-order valence-electron chi connectivity index (χ0n) is 21.6. The van der Waals surface area contributed by atoms with E-state index in [1.807, 2.05) is 18.2 Å². The number of nitrogens with zero attached hydrogens (tertiary/aromatic N) is 1. The van der Waals surface area contributed by atoms with Gasteiger partial charge < -0.3 is 10.0 Å². The number of carbonyl (C=O) groups is 1. The molecule has 3 aromatic carbocycles. The molecule has 1 unspecified atom stereocenters. The Labute approximate surface area is 238 Å². The van der Waals surface area contributed by atoms with Gasteiger partial charge in [0.2, 0.25) is 6.43 Å².